The van der Waals surface area contributed by atoms with Crippen molar-refractivity contribution >= 4 is 17.5 Å². The Hall–Kier alpha value is -1.82. The van der Waals surface area contributed by atoms with Crippen LogP contribution in [0.2, 0.25) is 0 Å². The van der Waals surface area contributed by atoms with E-state index < -0.39 is 5.97 Å². The second-order valence-corrected chi connectivity index (χ2v) is 3.90. The first-order valence-electron chi connectivity index (χ1n) is 6.30. The lowest BCUT2D eigenvalue weighted by molar-refractivity contribution is 0.0602. The van der Waals surface area contributed by atoms with Gasteiger partial charge in [-0.05, 0) is 19.9 Å². The van der Waals surface area contributed by atoms with Crippen molar-refractivity contribution in [1.82, 2.24) is 4.98 Å². The molecule has 19 heavy (non-hydrogen) atoms. The number of nitrogens with two attached hydrogens (primary N) is 1. The van der Waals surface area contributed by atoms with Gasteiger partial charge in [-0.15, -0.1) is 0 Å². The summed E-state index contributed by atoms with van der Waals surface area (Å²) in [6.45, 7) is 6.74. The van der Waals surface area contributed by atoms with E-state index in [0.717, 1.165) is 6.54 Å². The summed E-state index contributed by atoms with van der Waals surface area (Å²) in [5.41, 5.74) is 6.37. The average molecular weight is 267 g/mol. The molecule has 6 nitrogen and oxygen atoms in total. The van der Waals surface area contributed by atoms with Crippen LogP contribution in [-0.4, -0.2) is 44.4 Å². The predicted molar refractivity (Wildman–Crippen MR) is 74.4 cm³/mol. The Labute approximate surface area is 113 Å². The fourth-order valence-corrected chi connectivity index (χ4v) is 1.67. The summed E-state index contributed by atoms with van der Waals surface area (Å²) >= 11 is 0. The number of carbonyl (C=O) groups excluding carboxylic acids is 1. The van der Waals surface area contributed by atoms with Gasteiger partial charge in [-0.3, -0.25) is 0 Å². The van der Waals surface area contributed by atoms with Crippen LogP contribution in [-0.2, 0) is 9.47 Å². The number of anilines is 2. The minimum Gasteiger partial charge on any atom is -0.465 e. The molecule has 0 fully saturated rings. The third-order valence-corrected chi connectivity index (χ3v) is 2.74. The van der Waals surface area contributed by atoms with Gasteiger partial charge in [-0.1, -0.05) is 0 Å². The van der Waals surface area contributed by atoms with Crippen LogP contribution in [0.1, 0.15) is 24.2 Å². The Morgan fingerprint density at radius 3 is 2.79 bits per heavy atom. The molecule has 0 radical (unpaired) electrons. The number of esters is 1. The lowest BCUT2D eigenvalue weighted by atomic mass is 10.2. The Morgan fingerprint density at radius 1 is 1.47 bits per heavy atom. The van der Waals surface area contributed by atoms with Crippen LogP contribution in [0.5, 0.6) is 0 Å². The number of likely N-dealkylation sites (N-methyl/N-ethyl adjacent to an activating group) is 1. The zero-order chi connectivity index (χ0) is 14.3. The molecule has 6 heteroatoms. The SMILES string of the molecule is CCOCCN(CC)c1cc(C(=O)OC)c(N)cn1. The molecule has 0 amide bonds. The van der Waals surface area contributed by atoms with E-state index in [9.17, 15) is 4.79 Å². The second-order valence-electron chi connectivity index (χ2n) is 3.90. The summed E-state index contributed by atoms with van der Waals surface area (Å²) in [7, 11) is 1.33. The van der Waals surface area contributed by atoms with E-state index in [0.29, 0.717) is 36.8 Å². The molecular formula is C13H21N3O3. The normalized spacial score (nSPS) is 10.3. The van der Waals surface area contributed by atoms with Crippen molar-refractivity contribution in [1.29, 1.82) is 0 Å². The molecule has 0 aliphatic carbocycles. The average Bonchev–Trinajstić information content (AvgIpc) is 2.44. The number of rotatable bonds is 7. The van der Waals surface area contributed by atoms with Crippen LogP contribution in [0, 0.1) is 0 Å². The molecule has 1 aromatic rings. The van der Waals surface area contributed by atoms with E-state index in [-0.39, 0.29) is 0 Å². The number of pyridine rings is 1. The number of hydrogen-bond acceptors (Lipinski definition) is 6. The number of nitrogens with zero attached hydrogens (tertiary/aromatic N) is 2. The minimum absolute atomic E-state index is 0.316. The molecule has 1 aromatic heterocycles. The number of aromatic nitrogens is 1. The zero-order valence-electron chi connectivity index (χ0n) is 11.7. The highest BCUT2D eigenvalue weighted by Crippen LogP contribution is 2.18. The molecule has 0 aromatic carbocycles. The number of carbonyl (C=O) groups is 1. The van der Waals surface area contributed by atoms with Crippen LogP contribution in [0.25, 0.3) is 0 Å². The van der Waals surface area contributed by atoms with Gasteiger partial charge in [0.1, 0.15) is 5.82 Å². The Morgan fingerprint density at radius 2 is 2.21 bits per heavy atom. The summed E-state index contributed by atoms with van der Waals surface area (Å²) in [4.78, 5) is 17.8. The van der Waals surface area contributed by atoms with Gasteiger partial charge in [0.25, 0.3) is 0 Å². The molecule has 0 saturated carbocycles. The van der Waals surface area contributed by atoms with Crippen molar-refractivity contribution in [3.8, 4) is 0 Å². The van der Waals surface area contributed by atoms with Crippen molar-refractivity contribution in [3.63, 3.8) is 0 Å². The maximum Gasteiger partial charge on any atom is 0.340 e. The second kappa shape index (κ2) is 7.58. The van der Waals surface area contributed by atoms with Gasteiger partial charge in [0.05, 0.1) is 31.2 Å². The highest BCUT2D eigenvalue weighted by molar-refractivity contribution is 5.95. The zero-order valence-corrected chi connectivity index (χ0v) is 11.7. The number of ether oxygens (including phenoxy) is 2. The molecule has 106 valence electrons. The minimum atomic E-state index is -0.456. The summed E-state index contributed by atoms with van der Waals surface area (Å²) < 4.78 is 10.0. The van der Waals surface area contributed by atoms with Gasteiger partial charge in [0.15, 0.2) is 0 Å². The van der Waals surface area contributed by atoms with Gasteiger partial charge in [-0.25, -0.2) is 9.78 Å². The van der Waals surface area contributed by atoms with Crippen molar-refractivity contribution in [2.24, 2.45) is 0 Å². The molecule has 0 aliphatic rings. The molecule has 0 bridgehead atoms. The topological polar surface area (TPSA) is 77.7 Å². The van der Waals surface area contributed by atoms with E-state index in [4.69, 9.17) is 15.2 Å². The van der Waals surface area contributed by atoms with Gasteiger partial charge in [-0.2, -0.15) is 0 Å². The molecule has 0 aliphatic heterocycles. The quantitative estimate of drug-likeness (QED) is 0.593. The van der Waals surface area contributed by atoms with Crippen LogP contribution >= 0.6 is 0 Å². The predicted octanol–water partition coefficient (Wildman–Crippen LogP) is 1.31. The summed E-state index contributed by atoms with van der Waals surface area (Å²) in [6, 6.07) is 1.65. The maximum atomic E-state index is 11.6. The fraction of sp³-hybridized carbons (Fsp3) is 0.538. The third-order valence-electron chi connectivity index (χ3n) is 2.74. The van der Waals surface area contributed by atoms with Crippen molar-refractivity contribution < 1.29 is 14.3 Å². The van der Waals surface area contributed by atoms with E-state index in [1.165, 1.54) is 13.3 Å². The summed E-state index contributed by atoms with van der Waals surface area (Å²) in [6.07, 6.45) is 1.48. The number of methoxy groups -OCH3 is 1. The summed E-state index contributed by atoms with van der Waals surface area (Å²) in [5, 5.41) is 0. The lowest BCUT2D eigenvalue weighted by Crippen LogP contribution is -2.28. The first-order chi connectivity index (χ1) is 9.13. The molecule has 0 spiro atoms. The highest BCUT2D eigenvalue weighted by atomic mass is 16.5. The first-order valence-corrected chi connectivity index (χ1v) is 6.30. The number of nitrogen functional groups attached to an aromatic ring is 1. The molecular weight excluding hydrogens is 246 g/mol. The molecule has 2 N–H and O–H groups in total. The van der Waals surface area contributed by atoms with E-state index in [1.807, 2.05) is 18.7 Å². The molecule has 1 rings (SSSR count). The molecule has 0 atom stereocenters. The smallest absolute Gasteiger partial charge is 0.340 e. The summed E-state index contributed by atoms with van der Waals surface area (Å²) in [5.74, 6) is 0.235. The monoisotopic (exact) mass is 267 g/mol. The van der Waals surface area contributed by atoms with Crippen LogP contribution in [0.4, 0.5) is 11.5 Å². The Bertz CT molecular complexity index is 424. The largest absolute Gasteiger partial charge is 0.465 e. The van der Waals surface area contributed by atoms with Crippen LogP contribution < -0.4 is 10.6 Å². The van der Waals surface area contributed by atoms with Crippen molar-refractivity contribution in [3.05, 3.63) is 17.8 Å². The van der Waals surface area contributed by atoms with Gasteiger partial charge in [0.2, 0.25) is 0 Å². The molecule has 0 saturated heterocycles. The first kappa shape index (κ1) is 15.2. The lowest BCUT2D eigenvalue weighted by Gasteiger charge is -2.22. The Balaban J connectivity index is 2.89. The van der Waals surface area contributed by atoms with Gasteiger partial charge in [0, 0.05) is 19.7 Å². The van der Waals surface area contributed by atoms with Crippen molar-refractivity contribution in [2.45, 2.75) is 13.8 Å². The third kappa shape index (κ3) is 4.10. The highest BCUT2D eigenvalue weighted by Gasteiger charge is 2.14. The van der Waals surface area contributed by atoms with E-state index >= 15 is 0 Å². The Kier molecular flexibility index (Phi) is 6.08. The van der Waals surface area contributed by atoms with E-state index in [1.54, 1.807) is 6.07 Å². The van der Waals surface area contributed by atoms with Crippen LogP contribution in [0.3, 0.4) is 0 Å². The van der Waals surface area contributed by atoms with Gasteiger partial charge < -0.3 is 20.1 Å². The molecule has 0 unspecified atom stereocenters. The van der Waals surface area contributed by atoms with Gasteiger partial charge >= 0.3 is 5.97 Å². The van der Waals surface area contributed by atoms with E-state index in [2.05, 4.69) is 4.98 Å². The van der Waals surface area contributed by atoms with Crippen LogP contribution in [0.15, 0.2) is 12.3 Å². The standard InChI is InChI=1S/C13H21N3O3/c1-4-16(6-7-19-5-2)12-8-10(13(17)18-3)11(14)9-15-12/h8-9H,4-7,14H2,1-3H3. The molecule has 1 heterocycles. The van der Waals surface area contributed by atoms with Crippen molar-refractivity contribution in [2.75, 3.05) is 44.0 Å². The fourth-order valence-electron chi connectivity index (χ4n) is 1.67. The number of hydrogen-bond donors (Lipinski definition) is 1. The maximum absolute atomic E-state index is 11.6.